The molecule has 0 heterocycles. The van der Waals surface area contributed by atoms with E-state index in [0.717, 1.165) is 26.1 Å². The molecule has 0 fully saturated rings. The molecule has 46 heavy (non-hydrogen) atoms. The first-order valence-electron chi connectivity index (χ1n) is 21.3. The fourth-order valence-corrected chi connectivity index (χ4v) is 6.45. The lowest BCUT2D eigenvalue weighted by atomic mass is 10.1. The molecule has 3 N–H and O–H groups in total. The van der Waals surface area contributed by atoms with Crippen molar-refractivity contribution in [1.82, 2.24) is 10.2 Å². The summed E-state index contributed by atoms with van der Waals surface area (Å²) >= 11 is 0. The van der Waals surface area contributed by atoms with E-state index in [0.29, 0.717) is 0 Å². The normalized spacial score (nSPS) is 12.1. The van der Waals surface area contributed by atoms with Crippen molar-refractivity contribution in [3.05, 3.63) is 24.3 Å². The van der Waals surface area contributed by atoms with E-state index in [2.05, 4.69) is 48.4 Å². The molecule has 274 valence electrons. The first-order chi connectivity index (χ1) is 22.8. The Kier molecular flexibility index (Phi) is 41.8. The zero-order valence-corrected chi connectivity index (χ0v) is 32.0. The van der Waals surface area contributed by atoms with Crippen LogP contribution in [0, 0.1) is 0 Å². The minimum Gasteiger partial charge on any atom is -0.330 e. The summed E-state index contributed by atoms with van der Waals surface area (Å²) in [5.74, 6) is 0. The molecule has 0 unspecified atom stereocenters. The highest BCUT2D eigenvalue weighted by Gasteiger charge is 2.05. The van der Waals surface area contributed by atoms with E-state index in [1.54, 1.807) is 0 Å². The second-order valence-electron chi connectivity index (χ2n) is 14.3. The number of unbranched alkanes of at least 4 members (excludes halogenated alkanes) is 25. The minimum absolute atomic E-state index is 0.822. The lowest BCUT2D eigenvalue weighted by Crippen LogP contribution is -2.30. The fourth-order valence-electron chi connectivity index (χ4n) is 6.45. The zero-order valence-electron chi connectivity index (χ0n) is 32.0. The Balaban J connectivity index is 3.85. The molecular formula is C43H87N3. The lowest BCUT2D eigenvalue weighted by molar-refractivity contribution is 0.256. The summed E-state index contributed by atoms with van der Waals surface area (Å²) < 4.78 is 0. The largest absolute Gasteiger partial charge is 0.330 e. The predicted octanol–water partition coefficient (Wildman–Crippen LogP) is 13.1. The van der Waals surface area contributed by atoms with Crippen LogP contribution < -0.4 is 11.1 Å². The molecule has 0 spiro atoms. The van der Waals surface area contributed by atoms with Crippen LogP contribution in [0.3, 0.4) is 0 Å². The molecule has 0 saturated carbocycles. The summed E-state index contributed by atoms with van der Waals surface area (Å²) in [5.41, 5.74) is 5.64. The smallest absolute Gasteiger partial charge is 0.000664 e. The van der Waals surface area contributed by atoms with Crippen molar-refractivity contribution in [2.75, 3.05) is 39.3 Å². The van der Waals surface area contributed by atoms with Gasteiger partial charge in [-0.25, -0.2) is 0 Å². The van der Waals surface area contributed by atoms with Crippen LogP contribution in [0.1, 0.15) is 213 Å². The molecule has 0 atom stereocenters. The quantitative estimate of drug-likeness (QED) is 0.0514. The predicted molar refractivity (Wildman–Crippen MR) is 211 cm³/mol. The summed E-state index contributed by atoms with van der Waals surface area (Å²) in [6.45, 7) is 11.6. The van der Waals surface area contributed by atoms with Gasteiger partial charge in [0.25, 0.3) is 0 Å². The van der Waals surface area contributed by atoms with Crippen LogP contribution in [0.15, 0.2) is 24.3 Å². The van der Waals surface area contributed by atoms with Crippen LogP contribution in [0.4, 0.5) is 0 Å². The van der Waals surface area contributed by atoms with Gasteiger partial charge in [0.1, 0.15) is 0 Å². The highest BCUT2D eigenvalue weighted by atomic mass is 15.1. The molecule has 0 aliphatic heterocycles. The fraction of sp³-hybridized carbons (Fsp3) is 0.907. The Morgan fingerprint density at radius 2 is 0.696 bits per heavy atom. The molecule has 3 heteroatoms. The van der Waals surface area contributed by atoms with Crippen molar-refractivity contribution in [2.24, 2.45) is 5.73 Å². The summed E-state index contributed by atoms with van der Waals surface area (Å²) in [5, 5.41) is 3.63. The summed E-state index contributed by atoms with van der Waals surface area (Å²) in [6.07, 6.45) is 52.4. The number of nitrogens with two attached hydrogens (primary N) is 1. The molecule has 0 amide bonds. The summed E-state index contributed by atoms with van der Waals surface area (Å²) in [4.78, 5) is 2.78. The Hall–Kier alpha value is -0.640. The average Bonchev–Trinajstić information content (AvgIpc) is 3.07. The first-order valence-corrected chi connectivity index (χ1v) is 21.3. The molecule has 3 nitrogen and oxygen atoms in total. The van der Waals surface area contributed by atoms with Crippen molar-refractivity contribution >= 4 is 0 Å². The zero-order chi connectivity index (χ0) is 33.3. The molecule has 0 aromatic heterocycles. The van der Waals surface area contributed by atoms with Crippen molar-refractivity contribution in [3.8, 4) is 0 Å². The van der Waals surface area contributed by atoms with Gasteiger partial charge < -0.3 is 16.0 Å². The van der Waals surface area contributed by atoms with Gasteiger partial charge in [0.2, 0.25) is 0 Å². The van der Waals surface area contributed by atoms with Crippen LogP contribution in [-0.2, 0) is 0 Å². The summed E-state index contributed by atoms with van der Waals surface area (Å²) in [6, 6.07) is 0. The van der Waals surface area contributed by atoms with Crippen molar-refractivity contribution in [1.29, 1.82) is 0 Å². The number of nitrogens with one attached hydrogen (secondary N) is 1. The van der Waals surface area contributed by atoms with E-state index in [1.807, 2.05) is 0 Å². The Labute approximate surface area is 291 Å². The molecule has 0 aromatic carbocycles. The molecule has 0 radical (unpaired) electrons. The monoisotopic (exact) mass is 646 g/mol. The third-order valence-corrected chi connectivity index (χ3v) is 9.61. The van der Waals surface area contributed by atoms with Gasteiger partial charge in [0.15, 0.2) is 0 Å². The highest BCUT2D eigenvalue weighted by Crippen LogP contribution is 2.13. The molecule has 0 aliphatic carbocycles. The van der Waals surface area contributed by atoms with Gasteiger partial charge in [-0.1, -0.05) is 154 Å². The molecule has 0 rings (SSSR count). The molecule has 0 aromatic rings. The number of hydrogen-bond acceptors (Lipinski definition) is 3. The van der Waals surface area contributed by atoms with Gasteiger partial charge >= 0.3 is 0 Å². The van der Waals surface area contributed by atoms with Crippen LogP contribution in [0.5, 0.6) is 0 Å². The second-order valence-corrected chi connectivity index (χ2v) is 14.3. The van der Waals surface area contributed by atoms with Crippen LogP contribution in [-0.4, -0.2) is 44.2 Å². The molecule has 0 aliphatic rings. The lowest BCUT2D eigenvalue weighted by Gasteiger charge is -2.22. The summed E-state index contributed by atoms with van der Waals surface area (Å²) in [7, 11) is 0. The minimum atomic E-state index is 0.822. The van der Waals surface area contributed by atoms with Gasteiger partial charge in [-0.2, -0.15) is 0 Å². The number of allylic oxidation sites excluding steroid dienone is 4. The van der Waals surface area contributed by atoms with Crippen molar-refractivity contribution in [2.45, 2.75) is 213 Å². The molecule has 0 bridgehead atoms. The van der Waals surface area contributed by atoms with Crippen molar-refractivity contribution in [3.63, 3.8) is 0 Å². The average molecular weight is 646 g/mol. The van der Waals surface area contributed by atoms with Gasteiger partial charge in [0, 0.05) is 0 Å². The third kappa shape index (κ3) is 39.5. The van der Waals surface area contributed by atoms with Gasteiger partial charge in [-0.15, -0.1) is 0 Å². The first kappa shape index (κ1) is 45.4. The maximum absolute atomic E-state index is 5.64. The Bertz CT molecular complexity index is 545. The number of rotatable bonds is 40. The van der Waals surface area contributed by atoms with Gasteiger partial charge in [-0.3, -0.25) is 0 Å². The third-order valence-electron chi connectivity index (χ3n) is 9.61. The topological polar surface area (TPSA) is 41.3 Å². The highest BCUT2D eigenvalue weighted by molar-refractivity contribution is 4.82. The number of hydrogen-bond donors (Lipinski definition) is 2. The van der Waals surface area contributed by atoms with Crippen molar-refractivity contribution < 1.29 is 0 Å². The Morgan fingerprint density at radius 3 is 1.09 bits per heavy atom. The van der Waals surface area contributed by atoms with Crippen LogP contribution in [0.2, 0.25) is 0 Å². The molecule has 0 saturated heterocycles. The van der Waals surface area contributed by atoms with E-state index in [1.165, 1.54) is 212 Å². The number of nitrogens with zero attached hydrogens (tertiary/aromatic N) is 1. The van der Waals surface area contributed by atoms with Gasteiger partial charge in [-0.05, 0) is 123 Å². The van der Waals surface area contributed by atoms with E-state index in [-0.39, 0.29) is 0 Å². The van der Waals surface area contributed by atoms with E-state index < -0.39 is 0 Å². The van der Waals surface area contributed by atoms with E-state index in [4.69, 9.17) is 5.73 Å². The SMILES string of the molecule is CCCCCCCCC=CCCCCCCCCN(CCCCCCCCC=CCCCCCCCC)CCCNCCCCN. The van der Waals surface area contributed by atoms with Crippen LogP contribution >= 0.6 is 0 Å². The second kappa shape index (κ2) is 42.4. The van der Waals surface area contributed by atoms with Gasteiger partial charge in [0.05, 0.1) is 0 Å². The standard InChI is InChI=1S/C43H87N3/c1-3-5-7-9-11-13-15-17-19-21-23-25-27-29-31-35-41-46(43-37-40-45-39-34-33-38-44)42-36-32-30-28-26-24-22-20-18-16-14-12-10-8-6-4-2/h17-20,45H,3-16,21-44H2,1-2H3. The Morgan fingerprint density at radius 1 is 0.370 bits per heavy atom. The maximum atomic E-state index is 5.64. The van der Waals surface area contributed by atoms with E-state index in [9.17, 15) is 0 Å². The molecular weight excluding hydrogens is 558 g/mol. The van der Waals surface area contributed by atoms with E-state index >= 15 is 0 Å². The maximum Gasteiger partial charge on any atom is -0.000664 e. The van der Waals surface area contributed by atoms with Crippen LogP contribution in [0.25, 0.3) is 0 Å².